The van der Waals surface area contributed by atoms with Crippen molar-refractivity contribution in [2.24, 2.45) is 10.8 Å². The molecule has 0 radical (unpaired) electrons. The van der Waals surface area contributed by atoms with Gasteiger partial charge in [0.05, 0.1) is 22.7 Å². The standard InChI is InChI=1S/C23H22FN7O/c1-28-21(20(25)19-12-16(9-10-29-19)22(26)31-27)15-7-8-18(24)17(11-15)23(32)30-13-14-5-3-2-4-6-14/h2-12,26-28H,13,25H2,1H3,(H,30,32)/b21-20-,26-22?,31-27?. The number of aromatic nitrogens is 1. The van der Waals surface area contributed by atoms with Gasteiger partial charge in [-0.3, -0.25) is 15.2 Å². The number of amides is 1. The quantitative estimate of drug-likeness (QED) is 0.222. The van der Waals surface area contributed by atoms with Crippen molar-refractivity contribution in [1.29, 1.82) is 10.9 Å². The molecule has 1 amide bonds. The van der Waals surface area contributed by atoms with Crippen molar-refractivity contribution < 1.29 is 9.18 Å². The van der Waals surface area contributed by atoms with E-state index in [1.54, 1.807) is 13.1 Å². The Morgan fingerprint density at radius 1 is 1.12 bits per heavy atom. The molecular formula is C23H22FN7O. The Morgan fingerprint density at radius 2 is 1.88 bits per heavy atom. The van der Waals surface area contributed by atoms with E-state index in [4.69, 9.17) is 16.7 Å². The Balaban J connectivity index is 1.93. The summed E-state index contributed by atoms with van der Waals surface area (Å²) in [7, 11) is 1.64. The summed E-state index contributed by atoms with van der Waals surface area (Å²) in [6.07, 6.45) is 1.46. The molecule has 0 spiro atoms. The lowest BCUT2D eigenvalue weighted by Gasteiger charge is -2.14. The highest BCUT2D eigenvalue weighted by Gasteiger charge is 2.16. The predicted octanol–water partition coefficient (Wildman–Crippen LogP) is 3.51. The Bertz CT molecular complexity index is 1190. The fourth-order valence-electron chi connectivity index (χ4n) is 3.08. The van der Waals surface area contributed by atoms with Crippen LogP contribution in [0.5, 0.6) is 0 Å². The first-order chi connectivity index (χ1) is 15.4. The summed E-state index contributed by atoms with van der Waals surface area (Å²) in [6, 6.07) is 16.5. The van der Waals surface area contributed by atoms with E-state index in [0.717, 1.165) is 5.56 Å². The Hall–Kier alpha value is -4.40. The number of amidine groups is 1. The number of carbonyl (C=O) groups is 1. The van der Waals surface area contributed by atoms with E-state index >= 15 is 0 Å². The van der Waals surface area contributed by atoms with Crippen LogP contribution >= 0.6 is 0 Å². The van der Waals surface area contributed by atoms with Crippen molar-refractivity contribution in [3.05, 3.63) is 101 Å². The molecule has 0 fully saturated rings. The average molecular weight is 431 g/mol. The lowest BCUT2D eigenvalue weighted by Crippen LogP contribution is -2.24. The number of nitrogens with zero attached hydrogens (tertiary/aromatic N) is 2. The van der Waals surface area contributed by atoms with Crippen LogP contribution in [0.4, 0.5) is 4.39 Å². The molecule has 0 bridgehead atoms. The molecule has 3 rings (SSSR count). The molecule has 9 heteroatoms. The molecule has 2 aromatic carbocycles. The van der Waals surface area contributed by atoms with Crippen LogP contribution in [0.1, 0.15) is 32.7 Å². The summed E-state index contributed by atoms with van der Waals surface area (Å²) < 4.78 is 14.4. The lowest BCUT2D eigenvalue weighted by molar-refractivity contribution is 0.0947. The number of nitrogens with two attached hydrogens (primary N) is 1. The number of hydrogen-bond donors (Lipinski definition) is 5. The minimum atomic E-state index is -0.654. The smallest absolute Gasteiger partial charge is 0.254 e. The molecule has 162 valence electrons. The number of hydrogen-bond acceptors (Lipinski definition) is 6. The Labute approximate surface area is 184 Å². The van der Waals surface area contributed by atoms with E-state index < -0.39 is 11.7 Å². The summed E-state index contributed by atoms with van der Waals surface area (Å²) >= 11 is 0. The molecule has 0 aliphatic rings. The second-order valence-electron chi connectivity index (χ2n) is 6.79. The summed E-state index contributed by atoms with van der Waals surface area (Å²) in [4.78, 5) is 16.8. The van der Waals surface area contributed by atoms with Crippen molar-refractivity contribution >= 4 is 23.1 Å². The molecule has 1 aromatic heterocycles. The van der Waals surface area contributed by atoms with Crippen LogP contribution in [0.25, 0.3) is 11.4 Å². The van der Waals surface area contributed by atoms with Gasteiger partial charge in [0, 0.05) is 30.9 Å². The molecule has 32 heavy (non-hydrogen) atoms. The minimum absolute atomic E-state index is 0.115. The topological polar surface area (TPSA) is 140 Å². The van der Waals surface area contributed by atoms with Gasteiger partial charge in [-0.25, -0.2) is 9.92 Å². The number of carbonyl (C=O) groups excluding carboxylic acids is 1. The lowest BCUT2D eigenvalue weighted by atomic mass is 10.0. The molecular weight excluding hydrogens is 409 g/mol. The van der Waals surface area contributed by atoms with Crippen LogP contribution in [-0.4, -0.2) is 23.8 Å². The molecule has 0 atom stereocenters. The van der Waals surface area contributed by atoms with Gasteiger partial charge in [0.2, 0.25) is 0 Å². The van der Waals surface area contributed by atoms with Gasteiger partial charge in [-0.15, -0.1) is 5.11 Å². The second kappa shape index (κ2) is 10.1. The zero-order valence-electron chi connectivity index (χ0n) is 17.3. The first-order valence-corrected chi connectivity index (χ1v) is 9.67. The van der Waals surface area contributed by atoms with Crippen molar-refractivity contribution in [3.8, 4) is 0 Å². The first-order valence-electron chi connectivity index (χ1n) is 9.67. The molecule has 1 heterocycles. The van der Waals surface area contributed by atoms with Gasteiger partial charge in [-0.1, -0.05) is 30.3 Å². The fourth-order valence-corrected chi connectivity index (χ4v) is 3.08. The summed E-state index contributed by atoms with van der Waals surface area (Å²) in [6.45, 7) is 0.268. The molecule has 3 aromatic rings. The third-order valence-corrected chi connectivity index (χ3v) is 4.74. The van der Waals surface area contributed by atoms with Crippen LogP contribution in [0.3, 0.4) is 0 Å². The van der Waals surface area contributed by atoms with Gasteiger partial charge in [0.25, 0.3) is 5.91 Å². The molecule has 6 N–H and O–H groups in total. The van der Waals surface area contributed by atoms with Gasteiger partial charge < -0.3 is 16.4 Å². The van der Waals surface area contributed by atoms with Crippen LogP contribution in [-0.2, 0) is 6.54 Å². The monoisotopic (exact) mass is 431 g/mol. The number of rotatable bonds is 7. The van der Waals surface area contributed by atoms with Crippen LogP contribution < -0.4 is 16.4 Å². The first kappa shape index (κ1) is 22.3. The van der Waals surface area contributed by atoms with E-state index in [1.807, 2.05) is 30.3 Å². The average Bonchev–Trinajstić information content (AvgIpc) is 2.84. The molecule has 0 saturated heterocycles. The third-order valence-electron chi connectivity index (χ3n) is 4.74. The maximum absolute atomic E-state index is 14.4. The van der Waals surface area contributed by atoms with Gasteiger partial charge in [0.15, 0.2) is 5.84 Å². The van der Waals surface area contributed by atoms with Crippen molar-refractivity contribution in [2.75, 3.05) is 7.05 Å². The van der Waals surface area contributed by atoms with E-state index in [9.17, 15) is 9.18 Å². The van der Waals surface area contributed by atoms with Crippen LogP contribution in [0, 0.1) is 16.8 Å². The zero-order chi connectivity index (χ0) is 23.1. The fraction of sp³-hybridized carbons (Fsp3) is 0.0870. The molecule has 0 aliphatic heterocycles. The normalized spacial score (nSPS) is 11.3. The van der Waals surface area contributed by atoms with Gasteiger partial charge in [-0.05, 0) is 35.9 Å². The summed E-state index contributed by atoms with van der Waals surface area (Å²) in [5.74, 6) is -1.43. The van der Waals surface area contributed by atoms with Gasteiger partial charge in [-0.2, -0.15) is 0 Å². The molecule has 0 saturated carbocycles. The van der Waals surface area contributed by atoms with Crippen molar-refractivity contribution in [3.63, 3.8) is 0 Å². The highest BCUT2D eigenvalue weighted by Crippen LogP contribution is 2.22. The SMILES string of the molecule is CN/C(=C(\N)c1cc(C(=N)N=N)ccn1)c1ccc(F)c(C(=O)NCc2ccccc2)c1. The van der Waals surface area contributed by atoms with Crippen LogP contribution in [0.2, 0.25) is 0 Å². The highest BCUT2D eigenvalue weighted by atomic mass is 19.1. The Morgan fingerprint density at radius 3 is 2.56 bits per heavy atom. The van der Waals surface area contributed by atoms with Crippen molar-refractivity contribution in [1.82, 2.24) is 15.6 Å². The Kier molecular flexibility index (Phi) is 7.02. The number of pyridine rings is 1. The summed E-state index contributed by atoms with van der Waals surface area (Å²) in [5, 5.41) is 16.5. The third kappa shape index (κ3) is 5.01. The summed E-state index contributed by atoms with van der Waals surface area (Å²) in [5.41, 5.74) is 16.0. The van der Waals surface area contributed by atoms with Crippen LogP contribution in [0.15, 0.2) is 72.0 Å². The predicted molar refractivity (Wildman–Crippen MR) is 120 cm³/mol. The molecule has 0 aliphatic carbocycles. The van der Waals surface area contributed by atoms with Crippen molar-refractivity contribution in [2.45, 2.75) is 6.54 Å². The van der Waals surface area contributed by atoms with Gasteiger partial charge in [0.1, 0.15) is 5.82 Å². The second-order valence-corrected chi connectivity index (χ2v) is 6.79. The maximum Gasteiger partial charge on any atom is 0.254 e. The molecule has 8 nitrogen and oxygen atoms in total. The molecule has 0 unspecified atom stereocenters. The van der Waals surface area contributed by atoms with E-state index in [2.05, 4.69) is 20.7 Å². The maximum atomic E-state index is 14.4. The van der Waals surface area contributed by atoms with Gasteiger partial charge >= 0.3 is 0 Å². The largest absolute Gasteiger partial charge is 0.395 e. The number of halogens is 1. The minimum Gasteiger partial charge on any atom is -0.395 e. The van der Waals surface area contributed by atoms with E-state index in [1.165, 1.54) is 30.5 Å². The highest BCUT2D eigenvalue weighted by molar-refractivity contribution is 5.98. The zero-order valence-corrected chi connectivity index (χ0v) is 17.3. The number of benzene rings is 2. The number of nitrogens with one attached hydrogen (secondary N) is 4. The van der Waals surface area contributed by atoms with E-state index in [-0.39, 0.29) is 23.6 Å². The van der Waals surface area contributed by atoms with E-state index in [0.29, 0.717) is 22.5 Å².